The van der Waals surface area contributed by atoms with E-state index in [1.54, 1.807) is 4.90 Å². The molecule has 2 fully saturated rings. The molecule has 132 valence electrons. The van der Waals surface area contributed by atoms with Crippen LogP contribution in [0.15, 0.2) is 24.3 Å². The van der Waals surface area contributed by atoms with E-state index in [1.807, 2.05) is 31.2 Å². The van der Waals surface area contributed by atoms with Gasteiger partial charge >= 0.3 is 0 Å². The number of rotatable bonds is 4. The van der Waals surface area contributed by atoms with Crippen molar-refractivity contribution in [2.75, 3.05) is 44.3 Å². The van der Waals surface area contributed by atoms with E-state index in [0.717, 1.165) is 18.7 Å². The van der Waals surface area contributed by atoms with Gasteiger partial charge in [0, 0.05) is 32.2 Å². The summed E-state index contributed by atoms with van der Waals surface area (Å²) >= 11 is 0. The molecule has 24 heavy (non-hydrogen) atoms. The summed E-state index contributed by atoms with van der Waals surface area (Å²) in [5.41, 5.74) is 1.10. The first-order valence-electron chi connectivity index (χ1n) is 8.35. The minimum atomic E-state index is -2.86. The van der Waals surface area contributed by atoms with Gasteiger partial charge in [-0.05, 0) is 31.0 Å². The van der Waals surface area contributed by atoms with Crippen molar-refractivity contribution in [1.82, 2.24) is 9.80 Å². The third kappa shape index (κ3) is 4.27. The Morgan fingerprint density at radius 3 is 2.62 bits per heavy atom. The molecule has 1 amide bonds. The molecular weight excluding hydrogens is 328 g/mol. The standard InChI is InChI=1S/C17H24N2O4S/c1-14-3-2-4-16(11-14)23-12-17(20)19-8-6-18(7-9-19)15-5-10-24(21,22)13-15/h2-4,11,15H,5-10,12-13H2,1H3/t15-/m0/s1. The van der Waals surface area contributed by atoms with Crippen molar-refractivity contribution in [3.8, 4) is 5.75 Å². The van der Waals surface area contributed by atoms with E-state index >= 15 is 0 Å². The molecule has 0 N–H and O–H groups in total. The van der Waals surface area contributed by atoms with Crippen LogP contribution in [0.4, 0.5) is 0 Å². The Morgan fingerprint density at radius 2 is 2.00 bits per heavy atom. The molecule has 0 aliphatic carbocycles. The first-order valence-corrected chi connectivity index (χ1v) is 10.2. The number of hydrogen-bond acceptors (Lipinski definition) is 5. The predicted octanol–water partition coefficient (Wildman–Crippen LogP) is 0.705. The van der Waals surface area contributed by atoms with E-state index in [4.69, 9.17) is 4.74 Å². The van der Waals surface area contributed by atoms with E-state index in [2.05, 4.69) is 4.90 Å². The molecule has 7 heteroatoms. The molecule has 0 aromatic heterocycles. The second-order valence-electron chi connectivity index (χ2n) is 6.58. The van der Waals surface area contributed by atoms with Gasteiger partial charge in [0.25, 0.3) is 5.91 Å². The molecule has 1 aromatic carbocycles. The molecule has 0 spiro atoms. The number of aryl methyl sites for hydroxylation is 1. The maximum absolute atomic E-state index is 12.3. The Kier molecular flexibility index (Phi) is 5.10. The molecule has 1 atom stereocenters. The zero-order valence-electron chi connectivity index (χ0n) is 14.0. The smallest absolute Gasteiger partial charge is 0.260 e. The lowest BCUT2D eigenvalue weighted by Crippen LogP contribution is -2.53. The summed E-state index contributed by atoms with van der Waals surface area (Å²) < 4.78 is 28.8. The summed E-state index contributed by atoms with van der Waals surface area (Å²) in [6.45, 7) is 4.75. The van der Waals surface area contributed by atoms with Crippen LogP contribution in [0.5, 0.6) is 5.75 Å². The average Bonchev–Trinajstić information content (AvgIpc) is 2.93. The van der Waals surface area contributed by atoms with Crippen molar-refractivity contribution >= 4 is 15.7 Å². The number of amides is 1. The average molecular weight is 352 g/mol. The second-order valence-corrected chi connectivity index (χ2v) is 8.81. The fraction of sp³-hybridized carbons (Fsp3) is 0.588. The zero-order chi connectivity index (χ0) is 17.2. The minimum absolute atomic E-state index is 0.0183. The Hall–Kier alpha value is -1.60. The molecule has 2 aliphatic heterocycles. The minimum Gasteiger partial charge on any atom is -0.484 e. The Labute approximate surface area is 143 Å². The molecule has 0 unspecified atom stereocenters. The molecule has 2 saturated heterocycles. The topological polar surface area (TPSA) is 66.9 Å². The number of ether oxygens (including phenoxy) is 1. The summed E-state index contributed by atoms with van der Waals surface area (Å²) in [5, 5.41) is 0. The van der Waals surface area contributed by atoms with Gasteiger partial charge in [-0.2, -0.15) is 0 Å². The number of carbonyl (C=O) groups is 1. The van der Waals surface area contributed by atoms with Crippen molar-refractivity contribution in [3.05, 3.63) is 29.8 Å². The number of carbonyl (C=O) groups excluding carboxylic acids is 1. The van der Waals surface area contributed by atoms with Gasteiger partial charge in [0.1, 0.15) is 5.75 Å². The lowest BCUT2D eigenvalue weighted by Gasteiger charge is -2.37. The molecule has 0 saturated carbocycles. The molecule has 2 aliphatic rings. The van der Waals surface area contributed by atoms with Gasteiger partial charge in [-0.1, -0.05) is 12.1 Å². The first-order chi connectivity index (χ1) is 11.4. The predicted molar refractivity (Wildman–Crippen MR) is 91.9 cm³/mol. The molecular formula is C17H24N2O4S. The van der Waals surface area contributed by atoms with Crippen molar-refractivity contribution in [3.63, 3.8) is 0 Å². The van der Waals surface area contributed by atoms with Crippen LogP contribution in [-0.4, -0.2) is 74.5 Å². The third-order valence-corrected chi connectivity index (χ3v) is 6.49. The van der Waals surface area contributed by atoms with E-state index < -0.39 is 9.84 Å². The number of nitrogens with zero attached hydrogens (tertiary/aromatic N) is 2. The first kappa shape index (κ1) is 17.2. The highest BCUT2D eigenvalue weighted by Crippen LogP contribution is 2.19. The summed E-state index contributed by atoms with van der Waals surface area (Å²) in [7, 11) is -2.86. The van der Waals surface area contributed by atoms with E-state index in [9.17, 15) is 13.2 Å². The van der Waals surface area contributed by atoms with Crippen LogP contribution in [0.1, 0.15) is 12.0 Å². The largest absolute Gasteiger partial charge is 0.484 e. The van der Waals surface area contributed by atoms with Gasteiger partial charge in [0.15, 0.2) is 16.4 Å². The van der Waals surface area contributed by atoms with Crippen LogP contribution >= 0.6 is 0 Å². The van der Waals surface area contributed by atoms with E-state index in [0.29, 0.717) is 31.0 Å². The quantitative estimate of drug-likeness (QED) is 0.798. The fourth-order valence-electron chi connectivity index (χ4n) is 3.34. The normalized spacial score (nSPS) is 24.0. The van der Waals surface area contributed by atoms with Crippen molar-refractivity contribution in [1.29, 1.82) is 0 Å². The van der Waals surface area contributed by atoms with Crippen molar-refractivity contribution in [2.24, 2.45) is 0 Å². The number of benzene rings is 1. The Bertz CT molecular complexity index is 696. The summed E-state index contributed by atoms with van der Waals surface area (Å²) in [6.07, 6.45) is 0.715. The summed E-state index contributed by atoms with van der Waals surface area (Å²) in [5.74, 6) is 1.24. The van der Waals surface area contributed by atoms with Crippen LogP contribution in [0.3, 0.4) is 0 Å². The SMILES string of the molecule is Cc1cccc(OCC(=O)N2CCN([C@H]3CCS(=O)(=O)C3)CC2)c1. The lowest BCUT2D eigenvalue weighted by molar-refractivity contribution is -0.135. The van der Waals surface area contributed by atoms with Crippen LogP contribution in [0.2, 0.25) is 0 Å². The monoisotopic (exact) mass is 352 g/mol. The van der Waals surface area contributed by atoms with Gasteiger partial charge in [0.05, 0.1) is 11.5 Å². The molecule has 6 nitrogen and oxygen atoms in total. The van der Waals surface area contributed by atoms with Crippen LogP contribution in [0, 0.1) is 6.92 Å². The van der Waals surface area contributed by atoms with Crippen LogP contribution in [-0.2, 0) is 14.6 Å². The lowest BCUT2D eigenvalue weighted by atomic mass is 10.2. The second kappa shape index (κ2) is 7.11. The highest BCUT2D eigenvalue weighted by atomic mass is 32.2. The van der Waals surface area contributed by atoms with Gasteiger partial charge in [-0.3, -0.25) is 9.69 Å². The van der Waals surface area contributed by atoms with Crippen molar-refractivity contribution in [2.45, 2.75) is 19.4 Å². The van der Waals surface area contributed by atoms with Gasteiger partial charge in [0.2, 0.25) is 0 Å². The molecule has 3 rings (SSSR count). The molecule has 0 radical (unpaired) electrons. The van der Waals surface area contributed by atoms with E-state index in [1.165, 1.54) is 0 Å². The summed E-state index contributed by atoms with van der Waals surface area (Å²) in [4.78, 5) is 16.3. The highest BCUT2D eigenvalue weighted by Gasteiger charge is 2.34. The highest BCUT2D eigenvalue weighted by molar-refractivity contribution is 7.91. The zero-order valence-corrected chi connectivity index (χ0v) is 14.8. The van der Waals surface area contributed by atoms with Crippen LogP contribution in [0.25, 0.3) is 0 Å². The van der Waals surface area contributed by atoms with E-state index in [-0.39, 0.29) is 24.3 Å². The van der Waals surface area contributed by atoms with Crippen molar-refractivity contribution < 1.29 is 17.9 Å². The molecule has 1 aromatic rings. The van der Waals surface area contributed by atoms with Gasteiger partial charge in [-0.25, -0.2) is 8.42 Å². The number of sulfone groups is 1. The van der Waals surface area contributed by atoms with Crippen LogP contribution < -0.4 is 4.74 Å². The maximum Gasteiger partial charge on any atom is 0.260 e. The maximum atomic E-state index is 12.3. The molecule has 0 bridgehead atoms. The third-order valence-electron chi connectivity index (χ3n) is 4.74. The number of piperazine rings is 1. The molecule has 2 heterocycles. The Morgan fingerprint density at radius 1 is 1.25 bits per heavy atom. The van der Waals surface area contributed by atoms with Gasteiger partial charge < -0.3 is 9.64 Å². The summed E-state index contributed by atoms with van der Waals surface area (Å²) in [6, 6.07) is 7.77. The van der Waals surface area contributed by atoms with Gasteiger partial charge in [-0.15, -0.1) is 0 Å². The Balaban J connectivity index is 1.45. The number of hydrogen-bond donors (Lipinski definition) is 0. The fourth-order valence-corrected chi connectivity index (χ4v) is 5.10.